The first kappa shape index (κ1) is 21.1. The molecule has 0 saturated heterocycles. The second-order valence-electron chi connectivity index (χ2n) is 6.18. The highest BCUT2D eigenvalue weighted by atomic mass is 127. The molecule has 9 heteroatoms. The van der Waals surface area contributed by atoms with Gasteiger partial charge in [-0.25, -0.2) is 4.57 Å². The topological polar surface area (TPSA) is 63.1 Å². The van der Waals surface area contributed by atoms with E-state index in [0.717, 1.165) is 11.4 Å². The Kier molecular flexibility index (Phi) is 6.77. The fraction of sp³-hybridized carbons (Fsp3) is 0.222. The first-order valence-corrected chi connectivity index (χ1v) is 8.37. The lowest BCUT2D eigenvalue weighted by atomic mass is 10.3. The number of rotatable bonds is 4. The summed E-state index contributed by atoms with van der Waals surface area (Å²) >= 11 is 6.17. The van der Waals surface area contributed by atoms with Crippen LogP contribution >= 0.6 is 11.6 Å². The molecule has 3 rings (SSSR count). The Bertz CT molecular complexity index is 916. The van der Waals surface area contributed by atoms with Crippen LogP contribution in [-0.4, -0.2) is 38.2 Å². The van der Waals surface area contributed by atoms with E-state index in [4.69, 9.17) is 11.6 Å². The molecule has 0 saturated carbocycles. The first-order valence-electron chi connectivity index (χ1n) is 7.99. The van der Waals surface area contributed by atoms with Crippen molar-refractivity contribution in [1.29, 1.82) is 0 Å². The lowest BCUT2D eigenvalue weighted by molar-refractivity contribution is -0.614. The summed E-state index contributed by atoms with van der Waals surface area (Å²) in [5.74, 6) is 0.0973. The third-order valence-electron chi connectivity index (χ3n) is 3.92. The van der Waals surface area contributed by atoms with Crippen LogP contribution in [0.5, 0.6) is 5.88 Å². The van der Waals surface area contributed by atoms with Crippen molar-refractivity contribution >= 4 is 23.0 Å². The Morgan fingerprint density at radius 3 is 1.70 bits per heavy atom. The molecule has 0 radical (unpaired) electrons. The molecule has 0 aliphatic carbocycles. The summed E-state index contributed by atoms with van der Waals surface area (Å²) in [6.45, 7) is 0. The minimum absolute atomic E-state index is 0. The van der Waals surface area contributed by atoms with Gasteiger partial charge in [0.05, 0.1) is 24.8 Å². The number of nitrogens with zero attached hydrogens (tertiary/aromatic N) is 6. The Balaban J connectivity index is 0.00000261. The minimum atomic E-state index is -0.514. The van der Waals surface area contributed by atoms with Gasteiger partial charge in [-0.05, 0) is 12.1 Å². The summed E-state index contributed by atoms with van der Waals surface area (Å²) in [6, 6.07) is 7.67. The number of pyridine rings is 2. The average molecular weight is 499 g/mol. The fourth-order valence-electron chi connectivity index (χ4n) is 2.40. The molecular weight excluding hydrogens is 479 g/mol. The van der Waals surface area contributed by atoms with Gasteiger partial charge in [0, 0.05) is 56.7 Å². The van der Waals surface area contributed by atoms with Gasteiger partial charge >= 0.3 is 11.8 Å². The molecule has 3 heterocycles. The summed E-state index contributed by atoms with van der Waals surface area (Å²) in [6.07, 6.45) is 7.24. The van der Waals surface area contributed by atoms with Crippen LogP contribution in [0.25, 0.3) is 11.8 Å². The maximum Gasteiger partial charge on any atom is 0.476 e. The van der Waals surface area contributed by atoms with Crippen molar-refractivity contribution in [3.63, 3.8) is 0 Å². The third kappa shape index (κ3) is 4.56. The third-order valence-corrected chi connectivity index (χ3v) is 4.25. The van der Waals surface area contributed by atoms with Gasteiger partial charge in [-0.3, -0.25) is 0 Å². The van der Waals surface area contributed by atoms with E-state index in [1.807, 2.05) is 87.0 Å². The van der Waals surface area contributed by atoms with Crippen LogP contribution in [0.2, 0.25) is 5.02 Å². The smallest absolute Gasteiger partial charge is 0.476 e. The molecule has 0 bridgehead atoms. The second kappa shape index (κ2) is 8.66. The zero-order valence-electron chi connectivity index (χ0n) is 15.5. The van der Waals surface area contributed by atoms with Crippen LogP contribution in [0.1, 0.15) is 0 Å². The predicted octanol–water partition coefficient (Wildman–Crippen LogP) is -2.11. The number of halogens is 2. The van der Waals surface area contributed by atoms with E-state index in [9.17, 15) is 5.11 Å². The van der Waals surface area contributed by atoms with E-state index in [1.165, 1.54) is 0 Å². The van der Waals surface area contributed by atoms with E-state index in [0.29, 0.717) is 5.82 Å². The Morgan fingerprint density at radius 1 is 0.815 bits per heavy atom. The second-order valence-corrected chi connectivity index (χ2v) is 6.56. The lowest BCUT2D eigenvalue weighted by Gasteiger charge is -2.12. The van der Waals surface area contributed by atoms with Crippen LogP contribution in [0, 0.1) is 0 Å². The van der Waals surface area contributed by atoms with Gasteiger partial charge in [0.25, 0.3) is 0 Å². The highest BCUT2D eigenvalue weighted by Crippen LogP contribution is 2.22. The van der Waals surface area contributed by atoms with E-state index in [-0.39, 0.29) is 34.9 Å². The maximum atomic E-state index is 12.2. The Morgan fingerprint density at radius 2 is 1.26 bits per heavy atom. The molecular formula is C18H20ClIN6O. The van der Waals surface area contributed by atoms with Gasteiger partial charge in [0.2, 0.25) is 0 Å². The lowest BCUT2D eigenvalue weighted by Crippen LogP contribution is -3.00. The van der Waals surface area contributed by atoms with Crippen LogP contribution in [-0.2, 0) is 0 Å². The number of anilines is 2. The van der Waals surface area contributed by atoms with Gasteiger partial charge < -0.3 is 38.9 Å². The summed E-state index contributed by atoms with van der Waals surface area (Å²) in [4.78, 5) is 12.4. The van der Waals surface area contributed by atoms with Gasteiger partial charge in [0.1, 0.15) is 5.88 Å². The largest absolute Gasteiger partial charge is 1.00 e. The fourth-order valence-corrected chi connectivity index (χ4v) is 2.58. The van der Waals surface area contributed by atoms with Crippen molar-refractivity contribution in [2.75, 3.05) is 38.0 Å². The minimum Gasteiger partial charge on any atom is -1.00 e. The average Bonchev–Trinajstić information content (AvgIpc) is 2.64. The molecule has 142 valence electrons. The highest BCUT2D eigenvalue weighted by molar-refractivity contribution is 6.33. The standard InChI is InChI=1S/C18H20ClN6O.HI/c1-22(2)13-5-9-24(10-6-13)16-15(19)17(26)21-18(20-16)25-11-7-14(8-12-25)23(3)4;/h5-12H,1-4H3;1H/q+1;/p-1. The molecule has 3 aromatic heterocycles. The normalized spacial score (nSPS) is 10.3. The van der Waals surface area contributed by atoms with Crippen molar-refractivity contribution < 1.29 is 38.2 Å². The van der Waals surface area contributed by atoms with E-state index in [1.54, 1.807) is 9.13 Å². The molecule has 0 unspecified atom stereocenters. The van der Waals surface area contributed by atoms with E-state index in [2.05, 4.69) is 9.97 Å². The maximum absolute atomic E-state index is 12.2. The number of aromatic nitrogens is 4. The van der Waals surface area contributed by atoms with Crippen molar-refractivity contribution in [2.24, 2.45) is 0 Å². The molecule has 7 nitrogen and oxygen atoms in total. The van der Waals surface area contributed by atoms with Gasteiger partial charge in [-0.2, -0.15) is 4.57 Å². The molecule has 0 spiro atoms. The van der Waals surface area contributed by atoms with Crippen LogP contribution in [0.3, 0.4) is 0 Å². The zero-order chi connectivity index (χ0) is 18.8. The Hall–Kier alpha value is -2.20. The van der Waals surface area contributed by atoms with Crippen LogP contribution < -0.4 is 48.0 Å². The Labute approximate surface area is 180 Å². The predicted molar refractivity (Wildman–Crippen MR) is 98.2 cm³/mol. The van der Waals surface area contributed by atoms with E-state index >= 15 is 0 Å². The summed E-state index contributed by atoms with van der Waals surface area (Å²) in [5.41, 5.74) is 2.06. The number of hydrogen-bond donors (Lipinski definition) is 0. The molecule has 0 fully saturated rings. The van der Waals surface area contributed by atoms with Crippen molar-refractivity contribution in [2.45, 2.75) is 0 Å². The quantitative estimate of drug-likeness (QED) is 0.305. The molecule has 0 amide bonds. The molecule has 0 aromatic carbocycles. The first-order chi connectivity index (χ1) is 12.4. The van der Waals surface area contributed by atoms with Crippen LogP contribution in [0.4, 0.5) is 11.4 Å². The van der Waals surface area contributed by atoms with Gasteiger partial charge in [0.15, 0.2) is 5.02 Å². The summed E-state index contributed by atoms with van der Waals surface area (Å²) in [5, 5.41) is 12.2. The SMILES string of the molecule is CN(C)c1cc[n+](-c2nc([O-])c(Cl)c(-[n+]3ccc(N(C)C)cc3)n2)cc1.[I-]. The monoisotopic (exact) mass is 498 g/mol. The highest BCUT2D eigenvalue weighted by Gasteiger charge is 2.23. The molecule has 0 aliphatic rings. The van der Waals surface area contributed by atoms with Gasteiger partial charge in [-0.1, -0.05) is 16.6 Å². The summed E-state index contributed by atoms with van der Waals surface area (Å²) < 4.78 is 3.39. The number of hydrogen-bond acceptors (Lipinski definition) is 5. The zero-order valence-corrected chi connectivity index (χ0v) is 18.4. The van der Waals surface area contributed by atoms with E-state index < -0.39 is 5.88 Å². The molecule has 0 N–H and O–H groups in total. The van der Waals surface area contributed by atoms with Crippen LogP contribution in [0.15, 0.2) is 49.1 Å². The van der Waals surface area contributed by atoms with Crippen molar-refractivity contribution in [1.82, 2.24) is 9.97 Å². The molecule has 27 heavy (non-hydrogen) atoms. The molecule has 0 aliphatic heterocycles. The van der Waals surface area contributed by atoms with Crippen molar-refractivity contribution in [3.8, 4) is 17.6 Å². The van der Waals surface area contributed by atoms with Crippen molar-refractivity contribution in [3.05, 3.63) is 54.1 Å². The summed E-state index contributed by atoms with van der Waals surface area (Å²) in [7, 11) is 7.83. The molecule has 0 atom stereocenters. The molecule has 3 aromatic rings. The van der Waals surface area contributed by atoms with Gasteiger partial charge in [-0.15, -0.1) is 0 Å².